The Balaban J connectivity index is 2.69. The molecule has 0 fully saturated rings. The van der Waals surface area contributed by atoms with Crippen LogP contribution in [0, 0.1) is 0 Å². The molecule has 1 aromatic carbocycles. The van der Waals surface area contributed by atoms with Gasteiger partial charge in [-0.05, 0) is 37.8 Å². The van der Waals surface area contributed by atoms with Crippen molar-refractivity contribution in [1.82, 2.24) is 9.80 Å². The van der Waals surface area contributed by atoms with Gasteiger partial charge in [-0.2, -0.15) is 0 Å². The fourth-order valence-electron chi connectivity index (χ4n) is 2.60. The van der Waals surface area contributed by atoms with E-state index in [4.69, 9.17) is 9.47 Å². The van der Waals surface area contributed by atoms with Crippen molar-refractivity contribution in [3.8, 4) is 11.5 Å². The van der Waals surface area contributed by atoms with Crippen molar-refractivity contribution in [1.29, 1.82) is 0 Å². The van der Waals surface area contributed by atoms with Crippen molar-refractivity contribution >= 4 is 5.97 Å². The Morgan fingerprint density at radius 3 is 2.46 bits per heavy atom. The molecular formula is C19H32N2O5. The fourth-order valence-corrected chi connectivity index (χ4v) is 2.60. The van der Waals surface area contributed by atoms with Crippen LogP contribution < -0.4 is 9.47 Å². The van der Waals surface area contributed by atoms with Gasteiger partial charge >= 0.3 is 5.97 Å². The summed E-state index contributed by atoms with van der Waals surface area (Å²) in [5, 5.41) is 10.2. The van der Waals surface area contributed by atoms with Crippen molar-refractivity contribution in [2.75, 3.05) is 54.1 Å². The first-order valence-corrected chi connectivity index (χ1v) is 8.88. The molecule has 0 saturated heterocycles. The van der Waals surface area contributed by atoms with E-state index in [9.17, 15) is 9.90 Å². The molecule has 0 aliphatic rings. The van der Waals surface area contributed by atoms with Crippen molar-refractivity contribution in [3.05, 3.63) is 23.8 Å². The van der Waals surface area contributed by atoms with E-state index >= 15 is 0 Å². The van der Waals surface area contributed by atoms with Crippen LogP contribution in [-0.4, -0.2) is 81.0 Å². The first kappa shape index (κ1) is 22.2. The molecule has 0 aliphatic carbocycles. The van der Waals surface area contributed by atoms with Gasteiger partial charge in [0.25, 0.3) is 0 Å². The molecule has 1 rings (SSSR count). The van der Waals surface area contributed by atoms with Gasteiger partial charge in [-0.1, -0.05) is 19.9 Å². The molecule has 0 saturated carbocycles. The maximum Gasteiger partial charge on any atom is 0.319 e. The predicted octanol–water partition coefficient (Wildman–Crippen LogP) is 1.38. The highest BCUT2D eigenvalue weighted by atomic mass is 16.5. The largest absolute Gasteiger partial charge is 0.493 e. The highest BCUT2D eigenvalue weighted by Crippen LogP contribution is 2.28. The molecule has 0 aromatic heterocycles. The molecule has 0 unspecified atom stereocenters. The molecule has 0 heterocycles. The Morgan fingerprint density at radius 2 is 1.88 bits per heavy atom. The molecule has 7 nitrogen and oxygen atoms in total. The lowest BCUT2D eigenvalue weighted by Gasteiger charge is -2.22. The van der Waals surface area contributed by atoms with Gasteiger partial charge in [0.05, 0.1) is 20.8 Å². The van der Waals surface area contributed by atoms with Gasteiger partial charge in [-0.3, -0.25) is 9.69 Å². The first-order chi connectivity index (χ1) is 12.4. The van der Waals surface area contributed by atoms with E-state index in [-0.39, 0.29) is 19.1 Å². The van der Waals surface area contributed by atoms with Crippen molar-refractivity contribution in [2.45, 2.75) is 26.5 Å². The van der Waals surface area contributed by atoms with Crippen molar-refractivity contribution in [2.24, 2.45) is 0 Å². The minimum absolute atomic E-state index is 0.189. The Morgan fingerprint density at radius 1 is 1.19 bits per heavy atom. The number of hydrogen-bond acceptors (Lipinski definition) is 7. The summed E-state index contributed by atoms with van der Waals surface area (Å²) in [6.07, 6.45) is -0.578. The highest BCUT2D eigenvalue weighted by Gasteiger charge is 2.13. The quantitative estimate of drug-likeness (QED) is 0.559. The highest BCUT2D eigenvalue weighted by molar-refractivity contribution is 5.71. The van der Waals surface area contributed by atoms with E-state index in [1.54, 1.807) is 7.11 Å². The summed E-state index contributed by atoms with van der Waals surface area (Å²) in [5.74, 6) is 0.909. The van der Waals surface area contributed by atoms with Crippen LogP contribution in [0.25, 0.3) is 0 Å². The minimum atomic E-state index is -0.578. The van der Waals surface area contributed by atoms with Gasteiger partial charge in [-0.25, -0.2) is 0 Å². The topological polar surface area (TPSA) is 71.5 Å². The number of nitrogens with zero attached hydrogens (tertiary/aromatic N) is 2. The summed E-state index contributed by atoms with van der Waals surface area (Å²) in [6.45, 7) is 7.44. The molecule has 7 heteroatoms. The maximum absolute atomic E-state index is 11.4. The molecule has 0 bridgehead atoms. The van der Waals surface area contributed by atoms with Gasteiger partial charge in [0.1, 0.15) is 12.7 Å². The number of aliphatic hydroxyl groups excluding tert-OH is 1. The van der Waals surface area contributed by atoms with Crippen molar-refractivity contribution < 1.29 is 24.1 Å². The van der Waals surface area contributed by atoms with Gasteiger partial charge in [0.15, 0.2) is 11.5 Å². The van der Waals surface area contributed by atoms with Crippen LogP contribution in [0.5, 0.6) is 11.5 Å². The predicted molar refractivity (Wildman–Crippen MR) is 101 cm³/mol. The summed E-state index contributed by atoms with van der Waals surface area (Å²) in [5.41, 5.74) is 0.977. The molecule has 0 amide bonds. The van der Waals surface area contributed by atoms with E-state index in [1.165, 1.54) is 7.11 Å². The molecule has 0 aliphatic heterocycles. The number of esters is 1. The Bertz CT molecular complexity index is 549. The number of aliphatic hydroxyl groups is 1. The third kappa shape index (κ3) is 7.59. The number of hydrogen-bond donors (Lipinski definition) is 1. The van der Waals surface area contributed by atoms with Crippen LogP contribution in [0.4, 0.5) is 0 Å². The zero-order chi connectivity index (χ0) is 19.5. The van der Waals surface area contributed by atoms with Gasteiger partial charge in [0, 0.05) is 13.1 Å². The number of likely N-dealkylation sites (N-methyl/N-ethyl adjacent to an activating group) is 2. The molecule has 1 aromatic rings. The third-order valence-electron chi connectivity index (χ3n) is 4.10. The number of carbonyl (C=O) groups is 1. The minimum Gasteiger partial charge on any atom is -0.493 e. The van der Waals surface area contributed by atoms with Gasteiger partial charge in [0.2, 0.25) is 0 Å². The number of methoxy groups -OCH3 is 2. The summed E-state index contributed by atoms with van der Waals surface area (Å²) >= 11 is 0. The van der Waals surface area contributed by atoms with Crippen LogP contribution in [0.3, 0.4) is 0 Å². The summed E-state index contributed by atoms with van der Waals surface area (Å²) in [7, 11) is 4.80. The number of benzene rings is 1. The zero-order valence-corrected chi connectivity index (χ0v) is 16.5. The van der Waals surface area contributed by atoms with Gasteiger partial charge < -0.3 is 24.2 Å². The van der Waals surface area contributed by atoms with E-state index in [1.807, 2.05) is 30.1 Å². The lowest BCUT2D eigenvalue weighted by Crippen LogP contribution is -2.35. The van der Waals surface area contributed by atoms with Crippen LogP contribution in [0.2, 0.25) is 0 Å². The van der Waals surface area contributed by atoms with E-state index in [0.29, 0.717) is 24.6 Å². The van der Waals surface area contributed by atoms with Crippen molar-refractivity contribution in [3.63, 3.8) is 0 Å². The van der Waals surface area contributed by atoms with Crippen LogP contribution in [0.1, 0.15) is 19.4 Å². The number of ether oxygens (including phenoxy) is 3. The average molecular weight is 368 g/mol. The average Bonchev–Trinajstić information content (AvgIpc) is 2.64. The summed E-state index contributed by atoms with van der Waals surface area (Å²) in [4.78, 5) is 15.4. The van der Waals surface area contributed by atoms with Gasteiger partial charge in [-0.15, -0.1) is 0 Å². The molecule has 1 atom stereocenters. The Kier molecular flexibility index (Phi) is 10.0. The Labute approximate surface area is 156 Å². The molecule has 26 heavy (non-hydrogen) atoms. The number of rotatable bonds is 12. The lowest BCUT2D eigenvalue weighted by molar-refractivity contribution is -0.141. The second-order valence-electron chi connectivity index (χ2n) is 6.18. The van der Waals surface area contributed by atoms with E-state index in [2.05, 4.69) is 23.5 Å². The van der Waals surface area contributed by atoms with Crippen LogP contribution >= 0.6 is 0 Å². The standard InChI is InChI=1S/C19H32N2O5/c1-6-21(7-2)12-16(22)14-26-18-10-15(8-9-17(18)24-4)11-20(3)13-19(23)25-5/h8-10,16,22H,6-7,11-14H2,1-5H3/t16-/m0/s1. The lowest BCUT2D eigenvalue weighted by atomic mass is 10.2. The second-order valence-corrected chi connectivity index (χ2v) is 6.18. The third-order valence-corrected chi connectivity index (χ3v) is 4.10. The number of carbonyl (C=O) groups excluding carboxylic acids is 1. The first-order valence-electron chi connectivity index (χ1n) is 8.88. The van der Waals surface area contributed by atoms with E-state index < -0.39 is 6.10 Å². The molecule has 0 radical (unpaired) electrons. The van der Waals surface area contributed by atoms with Crippen LogP contribution in [0.15, 0.2) is 18.2 Å². The normalized spacial score (nSPS) is 12.3. The molecular weight excluding hydrogens is 336 g/mol. The summed E-state index contributed by atoms with van der Waals surface area (Å²) < 4.78 is 15.8. The Hall–Kier alpha value is -1.83. The smallest absolute Gasteiger partial charge is 0.319 e. The SMILES string of the molecule is CCN(CC)C[C@H](O)COc1cc(CN(C)CC(=O)OC)ccc1OC. The molecule has 0 spiro atoms. The molecule has 1 N–H and O–H groups in total. The maximum atomic E-state index is 11.4. The van der Waals surface area contributed by atoms with Crippen LogP contribution in [-0.2, 0) is 16.1 Å². The fraction of sp³-hybridized carbons (Fsp3) is 0.632. The second kappa shape index (κ2) is 11.7. The monoisotopic (exact) mass is 368 g/mol. The molecule has 148 valence electrons. The van der Waals surface area contributed by atoms with E-state index in [0.717, 1.165) is 18.7 Å². The zero-order valence-electron chi connectivity index (χ0n) is 16.5. The summed E-state index contributed by atoms with van der Waals surface area (Å²) in [6, 6.07) is 5.62.